The first-order chi connectivity index (χ1) is 7.48. The van der Waals surface area contributed by atoms with Gasteiger partial charge in [-0.25, -0.2) is 0 Å². The second-order valence-corrected chi connectivity index (χ2v) is 5.14. The highest BCUT2D eigenvalue weighted by Crippen LogP contribution is 2.43. The van der Waals surface area contributed by atoms with Crippen molar-refractivity contribution < 1.29 is 4.74 Å². The summed E-state index contributed by atoms with van der Waals surface area (Å²) >= 11 is 0. The van der Waals surface area contributed by atoms with Crippen LogP contribution in [0.4, 0.5) is 0 Å². The summed E-state index contributed by atoms with van der Waals surface area (Å²) in [5, 5.41) is 0. The molecule has 0 amide bonds. The van der Waals surface area contributed by atoms with E-state index >= 15 is 0 Å². The van der Waals surface area contributed by atoms with Crippen molar-refractivity contribution in [3.63, 3.8) is 0 Å². The fourth-order valence-electron chi connectivity index (χ4n) is 1.94. The van der Waals surface area contributed by atoms with E-state index in [-0.39, 0.29) is 5.60 Å². The Morgan fingerprint density at radius 2 is 2.12 bits per heavy atom. The van der Waals surface area contributed by atoms with Gasteiger partial charge >= 0.3 is 0 Å². The summed E-state index contributed by atoms with van der Waals surface area (Å²) in [6, 6.07) is 0. The van der Waals surface area contributed by atoms with Crippen LogP contribution in [-0.4, -0.2) is 11.7 Å². The molecule has 1 heteroatoms. The Morgan fingerprint density at radius 3 is 2.69 bits per heavy atom. The third-order valence-corrected chi connectivity index (χ3v) is 3.24. The maximum Gasteiger partial charge on any atom is 0.0923 e. The lowest BCUT2D eigenvalue weighted by Crippen LogP contribution is -2.09. The molecule has 0 aromatic heterocycles. The molecular formula is C15H24O. The summed E-state index contributed by atoms with van der Waals surface area (Å²) in [6.07, 6.45) is 8.88. The Bertz CT molecular complexity index is 297. The number of hydrogen-bond acceptors (Lipinski definition) is 1. The summed E-state index contributed by atoms with van der Waals surface area (Å²) in [5.41, 5.74) is 2.62. The predicted molar refractivity (Wildman–Crippen MR) is 70.5 cm³/mol. The molecule has 0 N–H and O–H groups in total. The Morgan fingerprint density at radius 1 is 1.44 bits per heavy atom. The van der Waals surface area contributed by atoms with Gasteiger partial charge in [0.25, 0.3) is 0 Å². The summed E-state index contributed by atoms with van der Waals surface area (Å²) in [5.74, 6) is 0. The van der Waals surface area contributed by atoms with Crippen molar-refractivity contribution in [1.82, 2.24) is 0 Å². The number of rotatable bonds is 7. The van der Waals surface area contributed by atoms with E-state index in [1.807, 2.05) is 6.08 Å². The minimum absolute atomic E-state index is 0.118. The van der Waals surface area contributed by atoms with E-state index in [1.54, 1.807) is 0 Å². The minimum Gasteiger partial charge on any atom is -0.366 e. The van der Waals surface area contributed by atoms with Crippen molar-refractivity contribution in [3.05, 3.63) is 36.5 Å². The monoisotopic (exact) mass is 220 g/mol. The zero-order valence-electron chi connectivity index (χ0n) is 10.9. The van der Waals surface area contributed by atoms with Crippen LogP contribution in [0.5, 0.6) is 0 Å². The summed E-state index contributed by atoms with van der Waals surface area (Å²) in [6.45, 7) is 14.1. The number of hydrogen-bond donors (Lipinski definition) is 0. The summed E-state index contributed by atoms with van der Waals surface area (Å²) in [7, 11) is 0. The Kier molecular flexibility index (Phi) is 4.55. The van der Waals surface area contributed by atoms with Crippen molar-refractivity contribution in [3.8, 4) is 0 Å². The minimum atomic E-state index is 0.118. The van der Waals surface area contributed by atoms with Crippen molar-refractivity contribution >= 4 is 0 Å². The standard InChI is InChI=1S/C15H24O/c1-6-13(4)9-10-14-15(5,16-14)11-7-8-12(2)3/h6,8,14H,1,4,7,9-11H2,2-3,5H3/t14-,15-/m1/s1. The highest BCUT2D eigenvalue weighted by molar-refractivity contribution is 5.12. The van der Waals surface area contributed by atoms with Gasteiger partial charge in [-0.05, 0) is 46.5 Å². The first-order valence-corrected chi connectivity index (χ1v) is 6.09. The molecule has 1 fully saturated rings. The van der Waals surface area contributed by atoms with Crippen LogP contribution in [0.3, 0.4) is 0 Å². The zero-order chi connectivity index (χ0) is 12.2. The molecule has 16 heavy (non-hydrogen) atoms. The number of allylic oxidation sites excluding steroid dienone is 4. The molecule has 1 rings (SSSR count). The van der Waals surface area contributed by atoms with E-state index in [9.17, 15) is 0 Å². The molecule has 1 saturated heterocycles. The van der Waals surface area contributed by atoms with E-state index in [0.717, 1.165) is 31.3 Å². The smallest absolute Gasteiger partial charge is 0.0923 e. The Labute approximate surface area is 99.9 Å². The van der Waals surface area contributed by atoms with E-state index in [0.29, 0.717) is 6.10 Å². The summed E-state index contributed by atoms with van der Waals surface area (Å²) < 4.78 is 5.78. The van der Waals surface area contributed by atoms with Crippen molar-refractivity contribution in [2.75, 3.05) is 0 Å². The van der Waals surface area contributed by atoms with Gasteiger partial charge in [0.15, 0.2) is 0 Å². The molecular weight excluding hydrogens is 196 g/mol. The first-order valence-electron chi connectivity index (χ1n) is 6.09. The zero-order valence-corrected chi connectivity index (χ0v) is 10.9. The molecule has 0 aromatic rings. The predicted octanol–water partition coefficient (Wildman–Crippen LogP) is 4.41. The van der Waals surface area contributed by atoms with E-state index in [4.69, 9.17) is 4.74 Å². The molecule has 0 spiro atoms. The van der Waals surface area contributed by atoms with Gasteiger partial charge in [-0.2, -0.15) is 0 Å². The molecule has 0 aromatic carbocycles. The summed E-state index contributed by atoms with van der Waals surface area (Å²) in [4.78, 5) is 0. The molecule has 0 aliphatic carbocycles. The SMILES string of the molecule is C=CC(=C)CC[C@H]1O[C@]1(C)CCC=C(C)C. The van der Waals surface area contributed by atoms with Crippen molar-refractivity contribution in [2.45, 2.75) is 58.2 Å². The van der Waals surface area contributed by atoms with Crippen LogP contribution >= 0.6 is 0 Å². The van der Waals surface area contributed by atoms with Gasteiger partial charge < -0.3 is 4.74 Å². The van der Waals surface area contributed by atoms with E-state index < -0.39 is 0 Å². The van der Waals surface area contributed by atoms with Crippen LogP contribution in [0, 0.1) is 0 Å². The van der Waals surface area contributed by atoms with Gasteiger partial charge in [0.05, 0.1) is 11.7 Å². The average molecular weight is 220 g/mol. The average Bonchev–Trinajstić information content (AvgIpc) is 2.85. The molecule has 1 nitrogen and oxygen atoms in total. The number of epoxide rings is 1. The van der Waals surface area contributed by atoms with E-state index in [1.165, 1.54) is 5.57 Å². The molecule has 0 unspecified atom stereocenters. The molecule has 1 aliphatic rings. The highest BCUT2D eigenvalue weighted by Gasteiger charge is 2.50. The third-order valence-electron chi connectivity index (χ3n) is 3.24. The first kappa shape index (κ1) is 13.2. The molecule has 0 saturated carbocycles. The van der Waals surface area contributed by atoms with Gasteiger partial charge in [-0.1, -0.05) is 36.5 Å². The van der Waals surface area contributed by atoms with Gasteiger partial charge in [-0.15, -0.1) is 0 Å². The normalized spacial score (nSPS) is 27.3. The van der Waals surface area contributed by atoms with Crippen LogP contribution < -0.4 is 0 Å². The van der Waals surface area contributed by atoms with Gasteiger partial charge in [0.1, 0.15) is 0 Å². The Hall–Kier alpha value is -0.820. The molecule has 90 valence electrons. The third kappa shape index (κ3) is 3.97. The fourth-order valence-corrected chi connectivity index (χ4v) is 1.94. The second-order valence-electron chi connectivity index (χ2n) is 5.14. The maximum atomic E-state index is 5.78. The van der Waals surface area contributed by atoms with Crippen LogP contribution in [0.25, 0.3) is 0 Å². The molecule has 1 aliphatic heterocycles. The quantitative estimate of drug-likeness (QED) is 0.351. The van der Waals surface area contributed by atoms with E-state index in [2.05, 4.69) is 40.0 Å². The molecule has 0 bridgehead atoms. The Balaban J connectivity index is 2.22. The number of ether oxygens (including phenoxy) is 1. The van der Waals surface area contributed by atoms with Gasteiger partial charge in [-0.3, -0.25) is 0 Å². The molecule has 0 radical (unpaired) electrons. The van der Waals surface area contributed by atoms with Crippen LogP contribution in [0.2, 0.25) is 0 Å². The van der Waals surface area contributed by atoms with Crippen molar-refractivity contribution in [1.29, 1.82) is 0 Å². The molecule has 2 atom stereocenters. The van der Waals surface area contributed by atoms with Crippen LogP contribution in [0.15, 0.2) is 36.5 Å². The van der Waals surface area contributed by atoms with Crippen LogP contribution in [0.1, 0.15) is 46.5 Å². The lowest BCUT2D eigenvalue weighted by molar-refractivity contribution is 0.295. The highest BCUT2D eigenvalue weighted by atomic mass is 16.6. The maximum absolute atomic E-state index is 5.78. The topological polar surface area (TPSA) is 12.5 Å². The fraction of sp³-hybridized carbons (Fsp3) is 0.600. The van der Waals surface area contributed by atoms with Crippen LogP contribution in [-0.2, 0) is 4.74 Å². The van der Waals surface area contributed by atoms with Gasteiger partial charge in [0.2, 0.25) is 0 Å². The van der Waals surface area contributed by atoms with Crippen molar-refractivity contribution in [2.24, 2.45) is 0 Å². The lowest BCUT2D eigenvalue weighted by Gasteiger charge is -2.04. The lowest BCUT2D eigenvalue weighted by atomic mass is 9.97. The largest absolute Gasteiger partial charge is 0.366 e. The molecule has 1 heterocycles. The van der Waals surface area contributed by atoms with Gasteiger partial charge in [0, 0.05) is 0 Å². The second kappa shape index (κ2) is 5.49.